The summed E-state index contributed by atoms with van der Waals surface area (Å²) >= 11 is 1.59. The minimum absolute atomic E-state index is 0.121. The van der Waals surface area contributed by atoms with Crippen LogP contribution in [-0.2, 0) is 0 Å². The van der Waals surface area contributed by atoms with E-state index >= 15 is 0 Å². The Morgan fingerprint density at radius 3 is 3.00 bits per heavy atom. The molecule has 0 bridgehead atoms. The molecule has 0 radical (unpaired) electrons. The Morgan fingerprint density at radius 2 is 2.45 bits per heavy atom. The molecule has 0 amide bonds. The zero-order valence-electron chi connectivity index (χ0n) is 6.83. The topological polar surface area (TPSA) is 35.2 Å². The van der Waals surface area contributed by atoms with Crippen LogP contribution in [0.25, 0.3) is 0 Å². The SMILES string of the molecule is CCC(N)c1ccsc1OC. The third-order valence-corrected chi connectivity index (χ3v) is 2.57. The van der Waals surface area contributed by atoms with Crippen LogP contribution in [0, 0.1) is 0 Å². The fourth-order valence-corrected chi connectivity index (χ4v) is 1.76. The van der Waals surface area contributed by atoms with Gasteiger partial charge in [-0.2, -0.15) is 0 Å². The predicted octanol–water partition coefficient (Wildman–Crippen LogP) is 2.17. The van der Waals surface area contributed by atoms with Gasteiger partial charge in [0.15, 0.2) is 5.06 Å². The third-order valence-electron chi connectivity index (χ3n) is 1.68. The monoisotopic (exact) mass is 171 g/mol. The van der Waals surface area contributed by atoms with Crippen LogP contribution in [-0.4, -0.2) is 7.11 Å². The standard InChI is InChI=1S/C8H13NOS/c1-3-7(9)6-4-5-11-8(6)10-2/h4-5,7H,3,9H2,1-2H3. The van der Waals surface area contributed by atoms with E-state index in [1.165, 1.54) is 0 Å². The van der Waals surface area contributed by atoms with Crippen molar-refractivity contribution in [3.63, 3.8) is 0 Å². The van der Waals surface area contributed by atoms with Crippen molar-refractivity contribution < 1.29 is 4.74 Å². The van der Waals surface area contributed by atoms with Crippen LogP contribution in [0.15, 0.2) is 11.4 Å². The van der Waals surface area contributed by atoms with Crippen molar-refractivity contribution in [3.05, 3.63) is 17.0 Å². The van der Waals surface area contributed by atoms with Gasteiger partial charge in [-0.3, -0.25) is 0 Å². The summed E-state index contributed by atoms with van der Waals surface area (Å²) in [5.74, 6) is 0. The molecule has 0 spiro atoms. The molecule has 0 saturated heterocycles. The molecule has 0 fully saturated rings. The molecule has 1 rings (SSSR count). The Bertz CT molecular complexity index is 222. The Labute approximate surface area is 71.0 Å². The molecule has 2 N–H and O–H groups in total. The number of hydrogen-bond donors (Lipinski definition) is 1. The molecular weight excluding hydrogens is 158 g/mol. The molecular formula is C8H13NOS. The van der Waals surface area contributed by atoms with Gasteiger partial charge in [0.25, 0.3) is 0 Å². The second-order valence-electron chi connectivity index (χ2n) is 2.38. The van der Waals surface area contributed by atoms with Gasteiger partial charge in [-0.05, 0) is 17.9 Å². The highest BCUT2D eigenvalue weighted by atomic mass is 32.1. The van der Waals surface area contributed by atoms with Gasteiger partial charge in [-0.15, -0.1) is 11.3 Å². The molecule has 3 heteroatoms. The van der Waals surface area contributed by atoms with E-state index in [1.807, 2.05) is 11.4 Å². The molecule has 1 heterocycles. The van der Waals surface area contributed by atoms with Gasteiger partial charge in [-0.1, -0.05) is 6.92 Å². The lowest BCUT2D eigenvalue weighted by Crippen LogP contribution is -2.08. The molecule has 0 saturated carbocycles. The molecule has 2 nitrogen and oxygen atoms in total. The van der Waals surface area contributed by atoms with Crippen molar-refractivity contribution in [1.29, 1.82) is 0 Å². The van der Waals surface area contributed by atoms with E-state index in [9.17, 15) is 0 Å². The molecule has 0 aliphatic heterocycles. The normalized spacial score (nSPS) is 13.0. The van der Waals surface area contributed by atoms with Crippen LogP contribution < -0.4 is 10.5 Å². The first-order chi connectivity index (χ1) is 5.29. The average Bonchev–Trinajstić information content (AvgIpc) is 2.50. The maximum absolute atomic E-state index is 5.84. The summed E-state index contributed by atoms with van der Waals surface area (Å²) in [6, 6.07) is 2.15. The lowest BCUT2D eigenvalue weighted by molar-refractivity contribution is 0.418. The maximum Gasteiger partial charge on any atom is 0.178 e. The fraction of sp³-hybridized carbons (Fsp3) is 0.500. The van der Waals surface area contributed by atoms with Gasteiger partial charge in [0.2, 0.25) is 0 Å². The summed E-state index contributed by atoms with van der Waals surface area (Å²) < 4.78 is 5.15. The number of methoxy groups -OCH3 is 1. The second-order valence-corrected chi connectivity index (χ2v) is 3.26. The molecule has 11 heavy (non-hydrogen) atoms. The van der Waals surface area contributed by atoms with Crippen LogP contribution in [0.3, 0.4) is 0 Å². The fourth-order valence-electron chi connectivity index (χ4n) is 0.966. The number of hydrogen-bond acceptors (Lipinski definition) is 3. The van der Waals surface area contributed by atoms with E-state index < -0.39 is 0 Å². The summed E-state index contributed by atoms with van der Waals surface area (Å²) in [6.45, 7) is 2.07. The number of rotatable bonds is 3. The van der Waals surface area contributed by atoms with E-state index in [0.29, 0.717) is 0 Å². The molecule has 0 aliphatic rings. The summed E-state index contributed by atoms with van der Waals surface area (Å²) in [5.41, 5.74) is 6.97. The summed E-state index contributed by atoms with van der Waals surface area (Å²) in [5, 5.41) is 2.95. The Kier molecular flexibility index (Phi) is 2.91. The maximum atomic E-state index is 5.84. The van der Waals surface area contributed by atoms with E-state index in [-0.39, 0.29) is 6.04 Å². The van der Waals surface area contributed by atoms with E-state index in [0.717, 1.165) is 17.0 Å². The molecule has 0 aliphatic carbocycles. The minimum atomic E-state index is 0.121. The van der Waals surface area contributed by atoms with Crippen molar-refractivity contribution in [2.75, 3.05) is 7.11 Å². The Balaban J connectivity index is 2.83. The smallest absolute Gasteiger partial charge is 0.178 e. The summed E-state index contributed by atoms with van der Waals surface area (Å²) in [7, 11) is 1.68. The molecule has 62 valence electrons. The number of nitrogens with two attached hydrogens (primary N) is 1. The molecule has 1 atom stereocenters. The van der Waals surface area contributed by atoms with Crippen LogP contribution in [0.2, 0.25) is 0 Å². The van der Waals surface area contributed by atoms with Gasteiger partial charge < -0.3 is 10.5 Å². The average molecular weight is 171 g/mol. The quantitative estimate of drug-likeness (QED) is 0.756. The lowest BCUT2D eigenvalue weighted by atomic mass is 10.1. The first kappa shape index (κ1) is 8.56. The number of thiophene rings is 1. The van der Waals surface area contributed by atoms with Crippen molar-refractivity contribution in [2.45, 2.75) is 19.4 Å². The molecule has 0 aromatic carbocycles. The van der Waals surface area contributed by atoms with Crippen LogP contribution in [0.4, 0.5) is 0 Å². The Hall–Kier alpha value is -0.540. The Morgan fingerprint density at radius 1 is 1.73 bits per heavy atom. The minimum Gasteiger partial charge on any atom is -0.487 e. The van der Waals surface area contributed by atoms with Gasteiger partial charge in [0.05, 0.1) is 7.11 Å². The summed E-state index contributed by atoms with van der Waals surface area (Å²) in [4.78, 5) is 0. The first-order valence-electron chi connectivity index (χ1n) is 3.66. The van der Waals surface area contributed by atoms with Gasteiger partial charge >= 0.3 is 0 Å². The first-order valence-corrected chi connectivity index (χ1v) is 4.54. The lowest BCUT2D eigenvalue weighted by Gasteiger charge is -2.08. The second kappa shape index (κ2) is 3.74. The van der Waals surface area contributed by atoms with Crippen molar-refractivity contribution >= 4 is 11.3 Å². The molecule has 1 unspecified atom stereocenters. The predicted molar refractivity (Wildman–Crippen MR) is 48.1 cm³/mol. The van der Waals surface area contributed by atoms with Crippen molar-refractivity contribution in [1.82, 2.24) is 0 Å². The van der Waals surface area contributed by atoms with Crippen LogP contribution in [0.5, 0.6) is 5.06 Å². The largest absolute Gasteiger partial charge is 0.487 e. The van der Waals surface area contributed by atoms with Gasteiger partial charge in [0, 0.05) is 11.6 Å². The molecule has 1 aromatic heterocycles. The van der Waals surface area contributed by atoms with Gasteiger partial charge in [0.1, 0.15) is 0 Å². The van der Waals surface area contributed by atoms with Crippen molar-refractivity contribution in [3.8, 4) is 5.06 Å². The third kappa shape index (κ3) is 1.73. The zero-order valence-corrected chi connectivity index (χ0v) is 7.65. The van der Waals surface area contributed by atoms with Crippen LogP contribution >= 0.6 is 11.3 Å². The van der Waals surface area contributed by atoms with E-state index in [2.05, 4.69) is 6.92 Å². The molecule has 1 aromatic rings. The van der Waals surface area contributed by atoms with Gasteiger partial charge in [-0.25, -0.2) is 0 Å². The zero-order chi connectivity index (χ0) is 8.27. The highest BCUT2D eigenvalue weighted by Gasteiger charge is 2.10. The summed E-state index contributed by atoms with van der Waals surface area (Å²) in [6.07, 6.45) is 0.951. The van der Waals surface area contributed by atoms with Crippen molar-refractivity contribution in [2.24, 2.45) is 5.73 Å². The highest BCUT2D eigenvalue weighted by Crippen LogP contribution is 2.30. The highest BCUT2D eigenvalue weighted by molar-refractivity contribution is 7.12. The van der Waals surface area contributed by atoms with E-state index in [1.54, 1.807) is 18.4 Å². The van der Waals surface area contributed by atoms with E-state index in [4.69, 9.17) is 10.5 Å². The number of ether oxygens (including phenoxy) is 1. The van der Waals surface area contributed by atoms with Crippen LogP contribution in [0.1, 0.15) is 24.9 Å².